The lowest BCUT2D eigenvalue weighted by Crippen LogP contribution is -2.45. The minimum atomic E-state index is -0.415. The van der Waals surface area contributed by atoms with Gasteiger partial charge in [0, 0.05) is 37.8 Å². The lowest BCUT2D eigenvalue weighted by Gasteiger charge is -2.35. The third-order valence-electron chi connectivity index (χ3n) is 3.49. The Bertz CT molecular complexity index is 395. The predicted molar refractivity (Wildman–Crippen MR) is 76.2 cm³/mol. The first-order chi connectivity index (χ1) is 8.72. The maximum atomic E-state index is 13.9. The summed E-state index contributed by atoms with van der Waals surface area (Å²) in [4.78, 5) is 2.17. The second kappa shape index (κ2) is 7.78. The van der Waals surface area contributed by atoms with Crippen molar-refractivity contribution in [2.24, 2.45) is 0 Å². The van der Waals surface area contributed by atoms with Crippen molar-refractivity contribution in [3.8, 4) is 0 Å². The fraction of sp³-hybridized carbons (Fsp3) is 0.571. The molecule has 0 amide bonds. The molecule has 0 bridgehead atoms. The first-order valence-electron chi connectivity index (χ1n) is 6.49. The zero-order valence-electron chi connectivity index (χ0n) is 11.2. The van der Waals surface area contributed by atoms with Gasteiger partial charge in [-0.2, -0.15) is 0 Å². The van der Waals surface area contributed by atoms with Crippen LogP contribution in [0.5, 0.6) is 0 Å². The fourth-order valence-electron chi connectivity index (χ4n) is 2.55. The van der Waals surface area contributed by atoms with Gasteiger partial charge in [0.25, 0.3) is 0 Å². The van der Waals surface area contributed by atoms with Crippen LogP contribution in [0.2, 0.25) is 0 Å². The van der Waals surface area contributed by atoms with Crippen molar-refractivity contribution in [1.29, 1.82) is 0 Å². The number of nitrogens with zero attached hydrogens (tertiary/aromatic N) is 1. The van der Waals surface area contributed by atoms with E-state index in [9.17, 15) is 8.78 Å². The van der Waals surface area contributed by atoms with Crippen LogP contribution in [0.4, 0.5) is 8.78 Å². The second-order valence-electron chi connectivity index (χ2n) is 4.80. The van der Waals surface area contributed by atoms with Crippen LogP contribution >= 0.6 is 12.4 Å². The topological polar surface area (TPSA) is 15.3 Å². The van der Waals surface area contributed by atoms with Crippen molar-refractivity contribution in [1.82, 2.24) is 10.2 Å². The molecule has 0 aromatic heterocycles. The normalized spacial score (nSPS) is 17.8. The van der Waals surface area contributed by atoms with E-state index >= 15 is 0 Å². The number of nitrogens with one attached hydrogen (secondary N) is 1. The highest BCUT2D eigenvalue weighted by Crippen LogP contribution is 2.27. The summed E-state index contributed by atoms with van der Waals surface area (Å²) >= 11 is 0. The Morgan fingerprint density at radius 3 is 2.63 bits per heavy atom. The van der Waals surface area contributed by atoms with Gasteiger partial charge in [-0.1, -0.05) is 17.7 Å². The molecule has 5 heteroatoms. The molecular weight excluding hydrogens is 270 g/mol. The largest absolute Gasteiger partial charge is 0.314 e. The van der Waals surface area contributed by atoms with Gasteiger partial charge in [0.15, 0.2) is 0 Å². The predicted octanol–water partition coefficient (Wildman–Crippen LogP) is 2.86. The molecule has 1 saturated heterocycles. The van der Waals surface area contributed by atoms with Crippen LogP contribution in [0.15, 0.2) is 18.2 Å². The van der Waals surface area contributed by atoms with E-state index in [0.717, 1.165) is 31.7 Å². The van der Waals surface area contributed by atoms with Crippen LogP contribution in [0.3, 0.4) is 0 Å². The van der Waals surface area contributed by atoms with Gasteiger partial charge in [-0.05, 0) is 19.4 Å². The zero-order valence-corrected chi connectivity index (χ0v) is 12.0. The van der Waals surface area contributed by atoms with Crippen LogP contribution < -0.4 is 5.32 Å². The number of rotatable bonds is 4. The Labute approximate surface area is 119 Å². The number of hydrogen-bond donors (Lipinski definition) is 1. The Balaban J connectivity index is 0.00000180. The van der Waals surface area contributed by atoms with Crippen LogP contribution in [0.1, 0.15) is 23.6 Å². The lowest BCUT2D eigenvalue weighted by atomic mass is 9.99. The van der Waals surface area contributed by atoms with Crippen molar-refractivity contribution in [3.63, 3.8) is 0 Å². The SMILES string of the molecule is Cc1ccc(F)c([C@@H](CCF)N2CCNCC2)c1.Cl. The lowest BCUT2D eigenvalue weighted by molar-refractivity contribution is 0.154. The molecule has 1 atom stereocenters. The van der Waals surface area contributed by atoms with Gasteiger partial charge < -0.3 is 5.32 Å². The van der Waals surface area contributed by atoms with Gasteiger partial charge in [0.05, 0.1) is 6.67 Å². The molecule has 1 aliphatic heterocycles. The van der Waals surface area contributed by atoms with Gasteiger partial charge in [0.2, 0.25) is 0 Å². The van der Waals surface area contributed by atoms with Crippen LogP contribution in [0, 0.1) is 12.7 Å². The van der Waals surface area contributed by atoms with Crippen molar-refractivity contribution in [2.75, 3.05) is 32.9 Å². The average Bonchev–Trinajstić information content (AvgIpc) is 2.40. The quantitative estimate of drug-likeness (QED) is 0.917. The molecule has 2 nitrogen and oxygen atoms in total. The van der Waals surface area contributed by atoms with Gasteiger partial charge in [-0.3, -0.25) is 9.29 Å². The number of piperazine rings is 1. The Kier molecular flexibility index (Phi) is 6.69. The zero-order chi connectivity index (χ0) is 13.0. The minimum Gasteiger partial charge on any atom is -0.314 e. The highest BCUT2D eigenvalue weighted by molar-refractivity contribution is 5.85. The number of benzene rings is 1. The molecule has 0 aliphatic carbocycles. The molecule has 1 aromatic carbocycles. The van der Waals surface area contributed by atoms with E-state index in [-0.39, 0.29) is 24.3 Å². The smallest absolute Gasteiger partial charge is 0.128 e. The maximum Gasteiger partial charge on any atom is 0.128 e. The standard InChI is InChI=1S/C14H20F2N2.ClH/c1-11-2-3-13(16)12(10-11)14(4-5-15)18-8-6-17-7-9-18;/h2-3,10,14,17H,4-9H2,1H3;1H/t14-;/m1./s1. The first kappa shape index (κ1) is 16.3. The van der Waals surface area contributed by atoms with Crippen molar-refractivity contribution >= 4 is 12.4 Å². The van der Waals surface area contributed by atoms with E-state index in [1.165, 1.54) is 6.07 Å². The molecule has 1 aromatic rings. The second-order valence-corrected chi connectivity index (χ2v) is 4.80. The first-order valence-corrected chi connectivity index (χ1v) is 6.49. The van der Waals surface area contributed by atoms with E-state index in [1.807, 2.05) is 13.0 Å². The molecule has 1 fully saturated rings. The molecule has 108 valence electrons. The summed E-state index contributed by atoms with van der Waals surface area (Å²) in [5.41, 5.74) is 1.65. The number of alkyl halides is 1. The van der Waals surface area contributed by atoms with E-state index in [4.69, 9.17) is 0 Å². The summed E-state index contributed by atoms with van der Waals surface area (Å²) in [5.74, 6) is -0.224. The Hall–Kier alpha value is -0.710. The van der Waals surface area contributed by atoms with Crippen LogP contribution in [-0.2, 0) is 0 Å². The maximum absolute atomic E-state index is 13.9. The summed E-state index contributed by atoms with van der Waals surface area (Å²) in [6.45, 7) is 4.98. The number of hydrogen-bond acceptors (Lipinski definition) is 2. The average molecular weight is 291 g/mol. The van der Waals surface area contributed by atoms with Crippen molar-refractivity contribution in [3.05, 3.63) is 35.1 Å². The highest BCUT2D eigenvalue weighted by atomic mass is 35.5. The van der Waals surface area contributed by atoms with Gasteiger partial charge in [0.1, 0.15) is 5.82 Å². The van der Waals surface area contributed by atoms with E-state index in [2.05, 4.69) is 10.2 Å². The van der Waals surface area contributed by atoms with Gasteiger partial charge >= 0.3 is 0 Å². The van der Waals surface area contributed by atoms with Crippen molar-refractivity contribution < 1.29 is 8.78 Å². The molecule has 1 N–H and O–H groups in total. The molecule has 2 rings (SSSR count). The van der Waals surface area contributed by atoms with Crippen LogP contribution in [-0.4, -0.2) is 37.8 Å². The van der Waals surface area contributed by atoms with Crippen molar-refractivity contribution in [2.45, 2.75) is 19.4 Å². The molecule has 1 aliphatic rings. The number of halogens is 3. The molecule has 19 heavy (non-hydrogen) atoms. The van der Waals surface area contributed by atoms with E-state index in [1.54, 1.807) is 6.07 Å². The molecule has 0 radical (unpaired) electrons. The summed E-state index contributed by atoms with van der Waals surface area (Å²) < 4.78 is 26.7. The minimum absolute atomic E-state index is 0. The summed E-state index contributed by atoms with van der Waals surface area (Å²) in [6.07, 6.45) is 0.361. The molecule has 1 heterocycles. The van der Waals surface area contributed by atoms with E-state index in [0.29, 0.717) is 12.0 Å². The summed E-state index contributed by atoms with van der Waals surface area (Å²) in [6, 6.07) is 4.94. The summed E-state index contributed by atoms with van der Waals surface area (Å²) in [7, 11) is 0. The molecule has 0 unspecified atom stereocenters. The summed E-state index contributed by atoms with van der Waals surface area (Å²) in [5, 5.41) is 3.26. The van der Waals surface area contributed by atoms with Gasteiger partial charge in [-0.15, -0.1) is 12.4 Å². The fourth-order valence-corrected chi connectivity index (χ4v) is 2.55. The molecule has 0 saturated carbocycles. The molecular formula is C14H21ClF2N2. The Morgan fingerprint density at radius 2 is 2.00 bits per heavy atom. The van der Waals surface area contributed by atoms with Gasteiger partial charge in [-0.25, -0.2) is 4.39 Å². The third-order valence-corrected chi connectivity index (χ3v) is 3.49. The highest BCUT2D eigenvalue weighted by Gasteiger charge is 2.24. The number of aryl methyl sites for hydroxylation is 1. The third kappa shape index (κ3) is 4.13. The molecule has 0 spiro atoms. The van der Waals surface area contributed by atoms with Crippen LogP contribution in [0.25, 0.3) is 0 Å². The Morgan fingerprint density at radius 1 is 1.32 bits per heavy atom. The van der Waals surface area contributed by atoms with E-state index < -0.39 is 6.67 Å². The monoisotopic (exact) mass is 290 g/mol.